The fourth-order valence-corrected chi connectivity index (χ4v) is 2.59. The molecule has 1 fully saturated rings. The van der Waals surface area contributed by atoms with E-state index >= 15 is 0 Å². The molecule has 2 aromatic rings. The zero-order valence-corrected chi connectivity index (χ0v) is 10.1. The Kier molecular flexibility index (Phi) is 3.11. The number of hydrogen-bond donors (Lipinski definition) is 1. The van der Waals surface area contributed by atoms with Gasteiger partial charge in [-0.25, -0.2) is 9.37 Å². The van der Waals surface area contributed by atoms with E-state index in [0.717, 1.165) is 37.4 Å². The number of H-pyrrole nitrogens is 1. The Morgan fingerprint density at radius 3 is 3.17 bits per heavy atom. The van der Waals surface area contributed by atoms with E-state index in [-0.39, 0.29) is 5.82 Å². The molecule has 3 nitrogen and oxygen atoms in total. The number of likely N-dealkylation sites (tertiary alicyclic amines) is 1. The first-order valence-electron chi connectivity index (χ1n) is 6.27. The van der Waals surface area contributed by atoms with Crippen molar-refractivity contribution in [2.24, 2.45) is 0 Å². The predicted molar refractivity (Wildman–Crippen MR) is 67.6 cm³/mol. The van der Waals surface area contributed by atoms with E-state index in [0.29, 0.717) is 5.92 Å². The van der Waals surface area contributed by atoms with Crippen molar-refractivity contribution in [3.05, 3.63) is 53.9 Å². The van der Waals surface area contributed by atoms with Crippen LogP contribution in [0.15, 0.2) is 36.7 Å². The lowest BCUT2D eigenvalue weighted by Crippen LogP contribution is -2.20. The first-order valence-corrected chi connectivity index (χ1v) is 6.27. The number of nitrogens with zero attached hydrogens (tertiary/aromatic N) is 2. The Hall–Kier alpha value is -1.68. The average Bonchev–Trinajstić information content (AvgIpc) is 2.98. The molecular formula is C14H16FN3. The average molecular weight is 245 g/mol. The number of imidazole rings is 1. The van der Waals surface area contributed by atoms with Gasteiger partial charge in [0.2, 0.25) is 0 Å². The highest BCUT2D eigenvalue weighted by molar-refractivity contribution is 5.16. The fraction of sp³-hybridized carbons (Fsp3) is 0.357. The number of rotatable bonds is 3. The Bertz CT molecular complexity index is 510. The smallest absolute Gasteiger partial charge is 0.123 e. The molecule has 0 aliphatic carbocycles. The van der Waals surface area contributed by atoms with Crippen LogP contribution >= 0.6 is 0 Å². The van der Waals surface area contributed by atoms with Crippen LogP contribution in [-0.4, -0.2) is 28.0 Å². The van der Waals surface area contributed by atoms with Gasteiger partial charge in [-0.2, -0.15) is 0 Å². The molecule has 1 aliphatic rings. The van der Waals surface area contributed by atoms with E-state index in [2.05, 4.69) is 14.9 Å². The molecule has 3 rings (SSSR count). The molecule has 1 aliphatic heterocycles. The predicted octanol–water partition coefficient (Wildman–Crippen LogP) is 2.54. The molecule has 1 unspecified atom stereocenters. The minimum absolute atomic E-state index is 0.158. The quantitative estimate of drug-likeness (QED) is 0.901. The molecule has 1 atom stereocenters. The zero-order valence-electron chi connectivity index (χ0n) is 10.1. The third-order valence-corrected chi connectivity index (χ3v) is 3.47. The van der Waals surface area contributed by atoms with Crippen molar-refractivity contribution in [2.75, 3.05) is 13.1 Å². The van der Waals surface area contributed by atoms with Gasteiger partial charge in [-0.15, -0.1) is 0 Å². The number of aromatic amines is 1. The van der Waals surface area contributed by atoms with Crippen molar-refractivity contribution in [3.63, 3.8) is 0 Å². The minimum atomic E-state index is -0.158. The van der Waals surface area contributed by atoms with E-state index < -0.39 is 0 Å². The van der Waals surface area contributed by atoms with E-state index in [1.807, 2.05) is 12.3 Å². The van der Waals surface area contributed by atoms with E-state index in [1.165, 1.54) is 6.07 Å². The summed E-state index contributed by atoms with van der Waals surface area (Å²) in [6, 6.07) is 6.84. The molecule has 18 heavy (non-hydrogen) atoms. The SMILES string of the molecule is Fc1cccc(CN2CCC(c3ncc[nH]3)C2)c1. The highest BCUT2D eigenvalue weighted by Gasteiger charge is 2.25. The first-order chi connectivity index (χ1) is 8.81. The monoisotopic (exact) mass is 245 g/mol. The lowest BCUT2D eigenvalue weighted by molar-refractivity contribution is 0.325. The summed E-state index contributed by atoms with van der Waals surface area (Å²) in [5, 5.41) is 0. The summed E-state index contributed by atoms with van der Waals surface area (Å²) in [6.07, 6.45) is 4.78. The third-order valence-electron chi connectivity index (χ3n) is 3.47. The Morgan fingerprint density at radius 2 is 2.39 bits per heavy atom. The second-order valence-corrected chi connectivity index (χ2v) is 4.83. The van der Waals surface area contributed by atoms with Crippen molar-refractivity contribution in [1.29, 1.82) is 0 Å². The second-order valence-electron chi connectivity index (χ2n) is 4.83. The molecule has 2 heterocycles. The van der Waals surface area contributed by atoms with Gasteiger partial charge in [-0.05, 0) is 30.7 Å². The number of hydrogen-bond acceptors (Lipinski definition) is 2. The van der Waals surface area contributed by atoms with Crippen LogP contribution in [-0.2, 0) is 6.54 Å². The Balaban J connectivity index is 1.63. The van der Waals surface area contributed by atoms with Gasteiger partial charge in [0.1, 0.15) is 11.6 Å². The summed E-state index contributed by atoms with van der Waals surface area (Å²) >= 11 is 0. The van der Waals surface area contributed by atoms with E-state index in [1.54, 1.807) is 18.3 Å². The van der Waals surface area contributed by atoms with Gasteiger partial charge in [0.15, 0.2) is 0 Å². The van der Waals surface area contributed by atoms with Crippen LogP contribution in [0.2, 0.25) is 0 Å². The number of halogens is 1. The Morgan fingerprint density at radius 1 is 1.44 bits per heavy atom. The summed E-state index contributed by atoms with van der Waals surface area (Å²) in [7, 11) is 0. The van der Waals surface area contributed by atoms with Crippen LogP contribution in [0.5, 0.6) is 0 Å². The molecule has 4 heteroatoms. The first kappa shape index (κ1) is 11.4. The van der Waals surface area contributed by atoms with Crippen molar-refractivity contribution in [3.8, 4) is 0 Å². The van der Waals surface area contributed by atoms with Gasteiger partial charge in [0, 0.05) is 31.4 Å². The van der Waals surface area contributed by atoms with Gasteiger partial charge < -0.3 is 4.98 Å². The van der Waals surface area contributed by atoms with Crippen molar-refractivity contribution >= 4 is 0 Å². The van der Waals surface area contributed by atoms with Gasteiger partial charge in [-0.1, -0.05) is 12.1 Å². The number of aromatic nitrogens is 2. The summed E-state index contributed by atoms with van der Waals surface area (Å²) < 4.78 is 13.1. The molecule has 1 aromatic heterocycles. The fourth-order valence-electron chi connectivity index (χ4n) is 2.59. The molecule has 1 N–H and O–H groups in total. The maximum Gasteiger partial charge on any atom is 0.123 e. The minimum Gasteiger partial charge on any atom is -0.348 e. The van der Waals surface area contributed by atoms with Gasteiger partial charge >= 0.3 is 0 Å². The molecule has 1 aromatic carbocycles. The van der Waals surface area contributed by atoms with Crippen LogP contribution in [0.3, 0.4) is 0 Å². The molecule has 0 bridgehead atoms. The summed E-state index contributed by atoms with van der Waals surface area (Å²) in [6.45, 7) is 2.85. The van der Waals surface area contributed by atoms with Crippen molar-refractivity contribution < 1.29 is 4.39 Å². The van der Waals surface area contributed by atoms with Crippen LogP contribution in [0.4, 0.5) is 4.39 Å². The lowest BCUT2D eigenvalue weighted by atomic mass is 10.1. The summed E-state index contributed by atoms with van der Waals surface area (Å²) in [5.74, 6) is 1.39. The maximum atomic E-state index is 13.1. The van der Waals surface area contributed by atoms with E-state index in [4.69, 9.17) is 0 Å². The molecule has 0 amide bonds. The topological polar surface area (TPSA) is 31.9 Å². The third kappa shape index (κ3) is 2.43. The van der Waals surface area contributed by atoms with Crippen molar-refractivity contribution in [1.82, 2.24) is 14.9 Å². The van der Waals surface area contributed by atoms with E-state index in [9.17, 15) is 4.39 Å². The molecule has 0 radical (unpaired) electrons. The lowest BCUT2D eigenvalue weighted by Gasteiger charge is -2.15. The Labute approximate surface area is 106 Å². The number of nitrogens with one attached hydrogen (secondary N) is 1. The second kappa shape index (κ2) is 4.90. The molecule has 0 saturated carbocycles. The summed E-state index contributed by atoms with van der Waals surface area (Å²) in [4.78, 5) is 9.84. The summed E-state index contributed by atoms with van der Waals surface area (Å²) in [5.41, 5.74) is 1.04. The van der Waals surface area contributed by atoms with Gasteiger partial charge in [0.25, 0.3) is 0 Å². The van der Waals surface area contributed by atoms with Crippen LogP contribution in [0, 0.1) is 5.82 Å². The standard InChI is InChI=1S/C14H16FN3/c15-13-3-1-2-11(8-13)9-18-7-4-12(10-18)14-16-5-6-17-14/h1-3,5-6,8,12H,4,7,9-10H2,(H,16,17). The molecule has 94 valence electrons. The van der Waals surface area contributed by atoms with Crippen molar-refractivity contribution in [2.45, 2.75) is 18.9 Å². The molecule has 0 spiro atoms. The van der Waals surface area contributed by atoms with Crippen LogP contribution in [0.25, 0.3) is 0 Å². The molecule has 1 saturated heterocycles. The highest BCUT2D eigenvalue weighted by atomic mass is 19.1. The molecular weight excluding hydrogens is 229 g/mol. The maximum absolute atomic E-state index is 13.1. The number of benzene rings is 1. The zero-order chi connectivity index (χ0) is 12.4. The van der Waals surface area contributed by atoms with Crippen LogP contribution in [0.1, 0.15) is 23.7 Å². The normalized spacial score (nSPS) is 20.4. The largest absolute Gasteiger partial charge is 0.348 e. The van der Waals surface area contributed by atoms with Gasteiger partial charge in [0.05, 0.1) is 0 Å². The highest BCUT2D eigenvalue weighted by Crippen LogP contribution is 2.25. The van der Waals surface area contributed by atoms with Crippen LogP contribution < -0.4 is 0 Å². The van der Waals surface area contributed by atoms with Gasteiger partial charge in [-0.3, -0.25) is 4.90 Å².